The van der Waals surface area contributed by atoms with Crippen LogP contribution >= 0.6 is 0 Å². The molecule has 4 nitrogen and oxygen atoms in total. The van der Waals surface area contributed by atoms with Gasteiger partial charge in [0.2, 0.25) is 0 Å². The minimum atomic E-state index is 0. The maximum Gasteiger partial charge on any atom is 0.0460 e. The van der Waals surface area contributed by atoms with E-state index in [1.807, 2.05) is 18.2 Å². The summed E-state index contributed by atoms with van der Waals surface area (Å²) >= 11 is 0. The molecule has 0 atom stereocenters. The summed E-state index contributed by atoms with van der Waals surface area (Å²) in [6.45, 7) is 20.7. The molecule has 281 valence electrons. The monoisotopic (exact) mass is 893 g/mol. The first-order valence-electron chi connectivity index (χ1n) is 19.2. The van der Waals surface area contributed by atoms with E-state index in [0.717, 1.165) is 28.4 Å². The number of hydrogen-bond donors (Lipinski definition) is 0. The fourth-order valence-electron chi connectivity index (χ4n) is 7.66. The van der Waals surface area contributed by atoms with Gasteiger partial charge in [0.1, 0.15) is 0 Å². The van der Waals surface area contributed by atoms with Gasteiger partial charge >= 0.3 is 0 Å². The third-order valence-electron chi connectivity index (χ3n) is 10.3. The van der Waals surface area contributed by atoms with Gasteiger partial charge < -0.3 is 20.0 Å². The number of rotatable bonds is 7. The van der Waals surface area contributed by atoms with Crippen LogP contribution in [-0.4, -0.2) is 0 Å². The van der Waals surface area contributed by atoms with Gasteiger partial charge in [-0.15, -0.1) is 18.0 Å². The van der Waals surface area contributed by atoms with E-state index in [1.165, 1.54) is 45.0 Å². The summed E-state index contributed by atoms with van der Waals surface area (Å²) in [5, 5.41) is 4.74. The first-order chi connectivity index (χ1) is 25.7. The van der Waals surface area contributed by atoms with E-state index in [1.54, 1.807) is 0 Å². The normalized spacial score (nSPS) is 12.9. The fraction of sp³-hybridized carbons (Fsp3) is 0.245. The van der Waals surface area contributed by atoms with Gasteiger partial charge in [0, 0.05) is 62.2 Å². The molecule has 0 amide bonds. The van der Waals surface area contributed by atoms with Crippen LogP contribution in [0.25, 0.3) is 5.32 Å². The topological polar surface area (TPSA) is 23.8 Å². The first kappa shape index (κ1) is 39.0. The van der Waals surface area contributed by atoms with Gasteiger partial charge in [-0.05, 0) is 82.3 Å². The van der Waals surface area contributed by atoms with Crippen LogP contribution in [0.15, 0.2) is 140 Å². The van der Waals surface area contributed by atoms with Crippen molar-refractivity contribution in [3.8, 4) is 0 Å². The van der Waals surface area contributed by atoms with Crippen molar-refractivity contribution in [3.63, 3.8) is 0 Å². The molecule has 54 heavy (non-hydrogen) atoms. The maximum absolute atomic E-state index is 4.74. The Bertz CT molecular complexity index is 2000. The van der Waals surface area contributed by atoms with Gasteiger partial charge in [-0.2, -0.15) is 0 Å². The van der Waals surface area contributed by atoms with Crippen LogP contribution < -0.4 is 14.7 Å². The molecule has 6 aromatic carbocycles. The van der Waals surface area contributed by atoms with Crippen LogP contribution in [0.3, 0.4) is 0 Å². The van der Waals surface area contributed by atoms with E-state index < -0.39 is 0 Å². The van der Waals surface area contributed by atoms with Crippen molar-refractivity contribution in [2.24, 2.45) is 0 Å². The van der Waals surface area contributed by atoms with E-state index in [0.29, 0.717) is 23.7 Å². The van der Waals surface area contributed by atoms with Crippen LogP contribution in [-0.2, 0) is 22.4 Å². The Kier molecular flexibility index (Phi) is 12.1. The SMILES string of the molecule is CC(C)c1cccc(C(C)C)c1N1[CH-]N(c2c(C(C)C)cccc2C(C)C)c2ccccc21.[Au].c1ccc(N2c3ccccc3[N-]c3ccccc32)cc1. The van der Waals surface area contributed by atoms with Crippen molar-refractivity contribution in [2.75, 3.05) is 14.7 Å². The quantitative estimate of drug-likeness (QED) is 0.118. The van der Waals surface area contributed by atoms with Crippen molar-refractivity contribution >= 4 is 51.2 Å². The van der Waals surface area contributed by atoms with E-state index in [-0.39, 0.29) is 22.4 Å². The van der Waals surface area contributed by atoms with E-state index in [9.17, 15) is 0 Å². The van der Waals surface area contributed by atoms with Crippen LogP contribution in [0.2, 0.25) is 0 Å². The van der Waals surface area contributed by atoms with E-state index in [2.05, 4.69) is 198 Å². The van der Waals surface area contributed by atoms with Crippen LogP contribution in [0.5, 0.6) is 0 Å². The second-order valence-electron chi connectivity index (χ2n) is 15.3. The van der Waals surface area contributed by atoms with Gasteiger partial charge in [-0.3, -0.25) is 0 Å². The second-order valence-corrected chi connectivity index (χ2v) is 15.3. The Morgan fingerprint density at radius 3 is 1.09 bits per heavy atom. The third kappa shape index (κ3) is 7.48. The van der Waals surface area contributed by atoms with E-state index >= 15 is 0 Å². The average Bonchev–Trinajstić information content (AvgIpc) is 3.55. The molecule has 0 aromatic heterocycles. The average molecular weight is 894 g/mol. The van der Waals surface area contributed by atoms with Crippen molar-refractivity contribution in [1.82, 2.24) is 0 Å². The molecule has 0 fully saturated rings. The zero-order valence-electron chi connectivity index (χ0n) is 32.8. The van der Waals surface area contributed by atoms with Crippen LogP contribution in [0.1, 0.15) is 101 Å². The van der Waals surface area contributed by atoms with Crippen molar-refractivity contribution < 1.29 is 22.4 Å². The molecule has 8 rings (SSSR count). The van der Waals surface area contributed by atoms with Crippen LogP contribution in [0.4, 0.5) is 51.2 Å². The summed E-state index contributed by atoms with van der Waals surface area (Å²) in [4.78, 5) is 7.15. The van der Waals surface area contributed by atoms with Crippen molar-refractivity contribution in [3.05, 3.63) is 174 Å². The molecule has 1 radical (unpaired) electrons. The predicted molar refractivity (Wildman–Crippen MR) is 228 cm³/mol. The Morgan fingerprint density at radius 2 is 0.722 bits per heavy atom. The molecular formula is C49H52AuN4-2. The Hall–Kier alpha value is -4.74. The summed E-state index contributed by atoms with van der Waals surface area (Å²) in [5.41, 5.74) is 16.2. The molecule has 0 saturated carbocycles. The molecule has 0 unspecified atom stereocenters. The number of para-hydroxylation sites is 9. The zero-order chi connectivity index (χ0) is 37.2. The molecule has 0 aliphatic carbocycles. The Labute approximate surface area is 339 Å². The fourth-order valence-corrected chi connectivity index (χ4v) is 7.66. The van der Waals surface area contributed by atoms with Gasteiger partial charge in [-0.1, -0.05) is 159 Å². The summed E-state index contributed by atoms with van der Waals surface area (Å²) in [5.74, 6) is 1.79. The molecule has 2 aliphatic heterocycles. The number of nitrogens with zero attached hydrogens (tertiary/aromatic N) is 4. The second kappa shape index (κ2) is 16.7. The van der Waals surface area contributed by atoms with Crippen molar-refractivity contribution in [2.45, 2.75) is 79.1 Å². The molecule has 2 heterocycles. The Morgan fingerprint density at radius 1 is 0.389 bits per heavy atom. The zero-order valence-corrected chi connectivity index (χ0v) is 34.9. The summed E-state index contributed by atoms with van der Waals surface area (Å²) in [7, 11) is 0. The number of anilines is 7. The molecule has 0 spiro atoms. The van der Waals surface area contributed by atoms with Crippen LogP contribution in [0, 0.1) is 6.67 Å². The maximum atomic E-state index is 4.74. The molecule has 6 aromatic rings. The number of fused-ring (bicyclic) bond motifs is 3. The summed E-state index contributed by atoms with van der Waals surface area (Å²) in [6.07, 6.45) is 0. The molecule has 2 aliphatic rings. The van der Waals surface area contributed by atoms with Gasteiger partial charge in [0.25, 0.3) is 0 Å². The molecular weight excluding hydrogens is 842 g/mol. The predicted octanol–water partition coefficient (Wildman–Crippen LogP) is 15.4. The van der Waals surface area contributed by atoms with E-state index in [4.69, 9.17) is 5.32 Å². The molecule has 0 N–H and O–H groups in total. The smallest absolute Gasteiger partial charge is 0.0460 e. The third-order valence-corrected chi connectivity index (χ3v) is 10.3. The summed E-state index contributed by atoms with van der Waals surface area (Å²) in [6, 6.07) is 49.4. The standard InChI is InChI=1S/C31H39N2.C18H13N2.Au/c1-20(2)24-13-11-14-25(21(3)4)30(24)32-19-33(29-18-10-9-17-28(29)32)31-26(22(5)6)15-12-16-27(31)23(7)8;1-2-8-14(9-3-1)20-17-12-6-4-10-15(17)19-16-11-5-7-13-18(16)20;/h9-23H,1-8H3;1-13H;/q2*-1;. The molecule has 0 bridgehead atoms. The number of benzene rings is 6. The van der Waals surface area contributed by atoms with Gasteiger partial charge in [0.15, 0.2) is 0 Å². The van der Waals surface area contributed by atoms with Crippen molar-refractivity contribution in [1.29, 1.82) is 0 Å². The number of hydrogen-bond acceptors (Lipinski definition) is 3. The molecule has 5 heteroatoms. The molecule has 0 saturated heterocycles. The van der Waals surface area contributed by atoms with Gasteiger partial charge in [0.05, 0.1) is 0 Å². The first-order valence-corrected chi connectivity index (χ1v) is 19.2. The summed E-state index contributed by atoms with van der Waals surface area (Å²) < 4.78 is 0. The Balaban J connectivity index is 0.000000202. The minimum absolute atomic E-state index is 0. The largest absolute Gasteiger partial charge is 0.654 e. The van der Waals surface area contributed by atoms with Gasteiger partial charge in [-0.25, -0.2) is 0 Å². The minimum Gasteiger partial charge on any atom is -0.654 e.